The van der Waals surface area contributed by atoms with Gasteiger partial charge in [-0.25, -0.2) is 0 Å². The van der Waals surface area contributed by atoms with Crippen molar-refractivity contribution in [1.29, 1.82) is 0 Å². The Bertz CT molecular complexity index is 927. The van der Waals surface area contributed by atoms with Crippen molar-refractivity contribution < 1.29 is 4.74 Å². The van der Waals surface area contributed by atoms with E-state index in [1.165, 1.54) is 47.7 Å². The van der Waals surface area contributed by atoms with Crippen LogP contribution in [0, 0.1) is 0 Å². The first-order valence-corrected chi connectivity index (χ1v) is 10.4. The highest BCUT2D eigenvalue weighted by Gasteiger charge is 2.22. The minimum atomic E-state index is 0.428. The van der Waals surface area contributed by atoms with Gasteiger partial charge >= 0.3 is 0 Å². The lowest BCUT2D eigenvalue weighted by Crippen LogP contribution is -2.37. The van der Waals surface area contributed by atoms with Crippen LogP contribution in [0.1, 0.15) is 42.7 Å². The number of benzene rings is 2. The van der Waals surface area contributed by atoms with Crippen LogP contribution in [0.25, 0.3) is 10.9 Å². The molecule has 2 unspecified atom stereocenters. The molecule has 1 aromatic heterocycles. The minimum absolute atomic E-state index is 0.428. The first-order valence-electron chi connectivity index (χ1n) is 10.4. The number of methoxy groups -OCH3 is 1. The van der Waals surface area contributed by atoms with Crippen molar-refractivity contribution in [3.63, 3.8) is 0 Å². The number of unbranched alkanes of at least 4 members (excludes halogenated alkanes) is 2. The van der Waals surface area contributed by atoms with Crippen molar-refractivity contribution in [2.75, 3.05) is 13.7 Å². The average Bonchev–Trinajstić information content (AvgIpc) is 3.17. The van der Waals surface area contributed by atoms with Gasteiger partial charge in [-0.05, 0) is 48.6 Å². The van der Waals surface area contributed by atoms with Crippen LogP contribution in [0.4, 0.5) is 0 Å². The zero-order valence-corrected chi connectivity index (χ0v) is 16.7. The number of nitrogens with one attached hydrogen (secondary N) is 2. The predicted octanol–water partition coefficient (Wildman–Crippen LogP) is 5.59. The number of hydrogen-bond acceptors (Lipinski definition) is 2. The van der Waals surface area contributed by atoms with Crippen LogP contribution in [0.2, 0.25) is 0 Å². The summed E-state index contributed by atoms with van der Waals surface area (Å²) >= 11 is 0. The molecule has 28 heavy (non-hydrogen) atoms. The average molecular weight is 375 g/mol. The summed E-state index contributed by atoms with van der Waals surface area (Å²) in [4.78, 5) is 3.39. The van der Waals surface area contributed by atoms with Crippen LogP contribution in [-0.4, -0.2) is 24.7 Å². The number of rotatable bonds is 8. The monoisotopic (exact) mass is 374 g/mol. The second-order valence-electron chi connectivity index (χ2n) is 7.70. The second-order valence-corrected chi connectivity index (χ2v) is 7.70. The van der Waals surface area contributed by atoms with E-state index in [9.17, 15) is 0 Å². The highest BCUT2D eigenvalue weighted by Crippen LogP contribution is 2.29. The molecule has 1 aliphatic rings. The molecule has 3 heteroatoms. The van der Waals surface area contributed by atoms with Crippen LogP contribution in [0.15, 0.2) is 66.9 Å². The summed E-state index contributed by atoms with van der Waals surface area (Å²) in [5.41, 5.74) is 4.03. The van der Waals surface area contributed by atoms with Crippen LogP contribution < -0.4 is 10.1 Å². The standard InChI is InChI=1S/C25H30N2O/c1-28-21-11-7-10-19(17-21)22-13-8-16-26-24(22)14-4-2-3-9-20-18-27-25-15-6-5-12-23(20)25/h5-8,10-13,15,17-18,22,24,26-27H,2-4,9,14,16H2,1H3. The molecular formula is C25H30N2O. The smallest absolute Gasteiger partial charge is 0.119 e. The normalized spacial score (nSPS) is 19.2. The van der Waals surface area contributed by atoms with Crippen LogP contribution >= 0.6 is 0 Å². The van der Waals surface area contributed by atoms with Crippen LogP contribution in [0.5, 0.6) is 5.75 Å². The zero-order valence-electron chi connectivity index (χ0n) is 16.7. The zero-order chi connectivity index (χ0) is 19.2. The molecule has 0 bridgehead atoms. The highest BCUT2D eigenvalue weighted by atomic mass is 16.5. The Morgan fingerprint density at radius 1 is 1.04 bits per heavy atom. The number of aromatic amines is 1. The first kappa shape index (κ1) is 18.8. The van der Waals surface area contributed by atoms with E-state index in [4.69, 9.17) is 4.74 Å². The Kier molecular flexibility index (Phi) is 6.13. The van der Waals surface area contributed by atoms with Gasteiger partial charge in [0.05, 0.1) is 7.11 Å². The SMILES string of the molecule is COc1cccc(C2C=CCNC2CCCCCc2c[nH]c3ccccc23)c1. The van der Waals surface area contributed by atoms with Gasteiger partial charge in [0.15, 0.2) is 0 Å². The van der Waals surface area contributed by atoms with Crippen molar-refractivity contribution in [2.24, 2.45) is 0 Å². The van der Waals surface area contributed by atoms with Crippen LogP contribution in [-0.2, 0) is 6.42 Å². The van der Waals surface area contributed by atoms with E-state index >= 15 is 0 Å². The lowest BCUT2D eigenvalue weighted by Gasteiger charge is -2.29. The molecule has 3 nitrogen and oxygen atoms in total. The maximum Gasteiger partial charge on any atom is 0.119 e. The summed E-state index contributed by atoms with van der Waals surface area (Å²) in [5.74, 6) is 1.37. The quantitative estimate of drug-likeness (QED) is 0.398. The first-order chi connectivity index (χ1) is 13.8. The molecule has 2 atom stereocenters. The van der Waals surface area contributed by atoms with Crippen molar-refractivity contribution >= 4 is 10.9 Å². The summed E-state index contributed by atoms with van der Waals surface area (Å²) in [5, 5.41) is 5.08. The van der Waals surface area contributed by atoms with Gasteiger partial charge in [0.1, 0.15) is 5.75 Å². The highest BCUT2D eigenvalue weighted by molar-refractivity contribution is 5.82. The molecule has 0 saturated heterocycles. The molecule has 3 aromatic rings. The Hall–Kier alpha value is -2.52. The van der Waals surface area contributed by atoms with Crippen molar-refractivity contribution in [2.45, 2.75) is 44.1 Å². The largest absolute Gasteiger partial charge is 0.497 e. The van der Waals surface area contributed by atoms with E-state index < -0.39 is 0 Å². The molecule has 2 aromatic carbocycles. The van der Waals surface area contributed by atoms with E-state index in [1.807, 2.05) is 6.07 Å². The third-order valence-electron chi connectivity index (χ3n) is 5.89. The summed E-state index contributed by atoms with van der Waals surface area (Å²) in [6.07, 6.45) is 12.9. The number of aromatic nitrogens is 1. The molecule has 1 aliphatic heterocycles. The molecular weight excluding hydrogens is 344 g/mol. The van der Waals surface area contributed by atoms with Crippen molar-refractivity contribution in [3.05, 3.63) is 78.0 Å². The summed E-state index contributed by atoms with van der Waals surface area (Å²) in [6, 6.07) is 17.6. The number of hydrogen-bond donors (Lipinski definition) is 2. The van der Waals surface area contributed by atoms with Gasteiger partial charge < -0.3 is 15.0 Å². The molecule has 2 heterocycles. The number of aryl methyl sites for hydroxylation is 1. The van der Waals surface area contributed by atoms with Gasteiger partial charge in [-0.1, -0.05) is 55.3 Å². The van der Waals surface area contributed by atoms with Crippen LogP contribution in [0.3, 0.4) is 0 Å². The van der Waals surface area contributed by atoms with Gasteiger partial charge in [-0.2, -0.15) is 0 Å². The Balaban J connectivity index is 1.29. The number of para-hydroxylation sites is 1. The predicted molar refractivity (Wildman–Crippen MR) is 117 cm³/mol. The molecule has 0 radical (unpaired) electrons. The van der Waals surface area contributed by atoms with Gasteiger partial charge in [-0.15, -0.1) is 0 Å². The van der Waals surface area contributed by atoms with Gasteiger partial charge in [0.25, 0.3) is 0 Å². The summed E-state index contributed by atoms with van der Waals surface area (Å²) < 4.78 is 5.41. The molecule has 4 rings (SSSR count). The Morgan fingerprint density at radius 2 is 1.96 bits per heavy atom. The number of H-pyrrole nitrogens is 1. The fourth-order valence-corrected chi connectivity index (χ4v) is 4.36. The fourth-order valence-electron chi connectivity index (χ4n) is 4.36. The Labute approximate surface area is 167 Å². The molecule has 0 amide bonds. The lowest BCUT2D eigenvalue weighted by atomic mass is 9.86. The van der Waals surface area contributed by atoms with Crippen molar-refractivity contribution in [1.82, 2.24) is 10.3 Å². The van der Waals surface area contributed by atoms with E-state index in [0.29, 0.717) is 12.0 Å². The van der Waals surface area contributed by atoms with E-state index in [-0.39, 0.29) is 0 Å². The maximum absolute atomic E-state index is 5.41. The van der Waals surface area contributed by atoms with Gasteiger partial charge in [-0.3, -0.25) is 0 Å². The molecule has 0 spiro atoms. The van der Waals surface area contributed by atoms with Gasteiger partial charge in [0, 0.05) is 35.6 Å². The maximum atomic E-state index is 5.41. The number of fused-ring (bicyclic) bond motifs is 1. The summed E-state index contributed by atoms with van der Waals surface area (Å²) in [7, 11) is 1.74. The molecule has 2 N–H and O–H groups in total. The molecule has 146 valence electrons. The van der Waals surface area contributed by atoms with E-state index in [1.54, 1.807) is 7.11 Å². The van der Waals surface area contributed by atoms with E-state index in [0.717, 1.165) is 18.7 Å². The minimum Gasteiger partial charge on any atom is -0.497 e. The molecule has 0 aliphatic carbocycles. The topological polar surface area (TPSA) is 37.0 Å². The second kappa shape index (κ2) is 9.11. The van der Waals surface area contributed by atoms with Gasteiger partial charge in [0.2, 0.25) is 0 Å². The third kappa shape index (κ3) is 4.31. The lowest BCUT2D eigenvalue weighted by molar-refractivity contribution is 0.409. The van der Waals surface area contributed by atoms with Crippen molar-refractivity contribution in [3.8, 4) is 5.75 Å². The molecule has 0 saturated carbocycles. The fraction of sp³-hybridized carbons (Fsp3) is 0.360. The number of ether oxygens (including phenoxy) is 1. The Morgan fingerprint density at radius 3 is 2.89 bits per heavy atom. The molecule has 0 fully saturated rings. The van der Waals surface area contributed by atoms with E-state index in [2.05, 4.69) is 71.1 Å². The third-order valence-corrected chi connectivity index (χ3v) is 5.89. The summed E-state index contributed by atoms with van der Waals surface area (Å²) in [6.45, 7) is 0.973.